The van der Waals surface area contributed by atoms with Crippen molar-refractivity contribution in [2.75, 3.05) is 0 Å². The molecule has 0 saturated carbocycles. The molecule has 1 aromatic carbocycles. The highest BCUT2D eigenvalue weighted by Crippen LogP contribution is 2.18. The monoisotopic (exact) mass is 304 g/mol. The van der Waals surface area contributed by atoms with Gasteiger partial charge in [-0.2, -0.15) is 0 Å². The molecule has 0 radical (unpaired) electrons. The molecule has 6 heteroatoms. The molecule has 1 unspecified atom stereocenters. The van der Waals surface area contributed by atoms with Crippen molar-refractivity contribution in [3.8, 4) is 0 Å². The summed E-state index contributed by atoms with van der Waals surface area (Å²) in [5.74, 6) is -1.55. The minimum absolute atomic E-state index is 0.155. The van der Waals surface area contributed by atoms with Crippen molar-refractivity contribution in [1.29, 1.82) is 0 Å². The van der Waals surface area contributed by atoms with E-state index in [1.54, 1.807) is 24.3 Å². The average molecular weight is 305 g/mol. The van der Waals surface area contributed by atoms with Gasteiger partial charge in [-0.05, 0) is 24.1 Å². The van der Waals surface area contributed by atoms with Gasteiger partial charge in [0.2, 0.25) is 0 Å². The molecule has 0 amide bonds. The third-order valence-corrected chi connectivity index (χ3v) is 5.10. The Morgan fingerprint density at radius 1 is 1.32 bits per heavy atom. The van der Waals surface area contributed by atoms with Crippen LogP contribution in [0.3, 0.4) is 0 Å². The standard InChI is InChI=1S/C13H17ClO4S/c1-2-3-4-12(13(15)16)19(17,18)9-10-5-7-11(14)8-6-10/h5-8,12H,2-4,9H2,1H3,(H,15,16). The Kier molecular flexibility index (Phi) is 5.82. The number of rotatable bonds is 7. The molecule has 1 atom stereocenters. The van der Waals surface area contributed by atoms with Gasteiger partial charge in [0.15, 0.2) is 15.1 Å². The molecule has 0 saturated heterocycles. The van der Waals surface area contributed by atoms with Crippen molar-refractivity contribution in [3.63, 3.8) is 0 Å². The fourth-order valence-electron chi connectivity index (χ4n) is 1.76. The molecule has 1 N–H and O–H groups in total. The molecule has 0 aliphatic heterocycles. The van der Waals surface area contributed by atoms with E-state index in [-0.39, 0.29) is 12.2 Å². The summed E-state index contributed by atoms with van der Waals surface area (Å²) in [5.41, 5.74) is 0.548. The van der Waals surface area contributed by atoms with Crippen LogP contribution in [0.15, 0.2) is 24.3 Å². The molecule has 0 aliphatic carbocycles. The van der Waals surface area contributed by atoms with Crippen molar-refractivity contribution in [1.82, 2.24) is 0 Å². The Hall–Kier alpha value is -1.07. The van der Waals surface area contributed by atoms with E-state index in [1.165, 1.54) is 0 Å². The van der Waals surface area contributed by atoms with Crippen LogP contribution in [0.5, 0.6) is 0 Å². The maximum atomic E-state index is 12.1. The molecule has 0 aromatic heterocycles. The molecule has 0 bridgehead atoms. The second-order valence-corrected chi connectivity index (χ2v) is 7.02. The molecule has 0 fully saturated rings. The quantitative estimate of drug-likeness (QED) is 0.840. The lowest BCUT2D eigenvalue weighted by Gasteiger charge is -2.13. The fourth-order valence-corrected chi connectivity index (χ4v) is 3.58. The number of carboxylic acid groups (broad SMARTS) is 1. The van der Waals surface area contributed by atoms with Gasteiger partial charge in [0, 0.05) is 5.02 Å². The van der Waals surface area contributed by atoms with Gasteiger partial charge < -0.3 is 5.11 Å². The van der Waals surface area contributed by atoms with Gasteiger partial charge in [-0.3, -0.25) is 4.79 Å². The normalized spacial score (nSPS) is 13.2. The summed E-state index contributed by atoms with van der Waals surface area (Å²) in [5, 5.41) is 8.24. The summed E-state index contributed by atoms with van der Waals surface area (Å²) in [4.78, 5) is 11.1. The Balaban J connectivity index is 2.88. The second kappa shape index (κ2) is 6.91. The van der Waals surface area contributed by atoms with E-state index in [0.29, 0.717) is 17.0 Å². The van der Waals surface area contributed by atoms with Gasteiger partial charge in [0.1, 0.15) is 0 Å². The van der Waals surface area contributed by atoms with Crippen molar-refractivity contribution in [2.24, 2.45) is 0 Å². The number of carboxylic acids is 1. The summed E-state index contributed by atoms with van der Waals surface area (Å²) in [6.45, 7) is 1.89. The van der Waals surface area contributed by atoms with E-state index < -0.39 is 21.1 Å². The summed E-state index contributed by atoms with van der Waals surface area (Å²) in [6.07, 6.45) is 1.50. The Morgan fingerprint density at radius 3 is 2.37 bits per heavy atom. The Bertz CT molecular complexity index is 522. The van der Waals surface area contributed by atoms with Gasteiger partial charge in [0.25, 0.3) is 0 Å². The van der Waals surface area contributed by atoms with Crippen molar-refractivity contribution < 1.29 is 18.3 Å². The number of hydrogen-bond donors (Lipinski definition) is 1. The van der Waals surface area contributed by atoms with E-state index in [2.05, 4.69) is 0 Å². The molecular formula is C13H17ClO4S. The first-order valence-corrected chi connectivity index (χ1v) is 8.15. The van der Waals surface area contributed by atoms with Crippen molar-refractivity contribution in [2.45, 2.75) is 37.2 Å². The van der Waals surface area contributed by atoms with E-state index in [4.69, 9.17) is 16.7 Å². The molecule has 0 aliphatic rings. The Morgan fingerprint density at radius 2 is 1.89 bits per heavy atom. The van der Waals surface area contributed by atoms with Crippen LogP contribution in [0, 0.1) is 0 Å². The SMILES string of the molecule is CCCCC(C(=O)O)S(=O)(=O)Cc1ccc(Cl)cc1. The molecule has 1 rings (SSSR count). The maximum Gasteiger partial charge on any atom is 0.321 e. The first-order valence-electron chi connectivity index (χ1n) is 6.05. The summed E-state index contributed by atoms with van der Waals surface area (Å²) in [7, 11) is -3.70. The molecule has 1 aromatic rings. The number of hydrogen-bond acceptors (Lipinski definition) is 3. The number of aliphatic carboxylic acids is 1. The molecule has 19 heavy (non-hydrogen) atoms. The summed E-state index contributed by atoms with van der Waals surface area (Å²) < 4.78 is 24.2. The van der Waals surface area contributed by atoms with Crippen LogP contribution in [0.25, 0.3) is 0 Å². The van der Waals surface area contributed by atoms with Gasteiger partial charge in [-0.15, -0.1) is 0 Å². The summed E-state index contributed by atoms with van der Waals surface area (Å²) in [6, 6.07) is 6.37. The van der Waals surface area contributed by atoms with E-state index in [9.17, 15) is 13.2 Å². The molecule has 4 nitrogen and oxygen atoms in total. The second-order valence-electron chi connectivity index (χ2n) is 4.40. The number of carbonyl (C=O) groups is 1. The Labute approximate surface area is 118 Å². The zero-order chi connectivity index (χ0) is 14.5. The van der Waals surface area contributed by atoms with Crippen LogP contribution in [-0.4, -0.2) is 24.7 Å². The molecule has 0 spiro atoms. The first kappa shape index (κ1) is 16.0. The predicted octanol–water partition coefficient (Wildman–Crippen LogP) is 2.90. The van der Waals surface area contributed by atoms with Crippen molar-refractivity contribution in [3.05, 3.63) is 34.9 Å². The summed E-state index contributed by atoms with van der Waals surface area (Å²) >= 11 is 5.72. The zero-order valence-corrected chi connectivity index (χ0v) is 12.2. The highest BCUT2D eigenvalue weighted by Gasteiger charge is 2.31. The zero-order valence-electron chi connectivity index (χ0n) is 10.7. The highest BCUT2D eigenvalue weighted by molar-refractivity contribution is 7.92. The predicted molar refractivity (Wildman–Crippen MR) is 75.0 cm³/mol. The molecular weight excluding hydrogens is 288 g/mol. The highest BCUT2D eigenvalue weighted by atomic mass is 35.5. The van der Waals surface area contributed by atoms with Crippen LogP contribution in [0.2, 0.25) is 5.02 Å². The minimum atomic E-state index is -3.70. The lowest BCUT2D eigenvalue weighted by Crippen LogP contribution is -2.31. The number of sulfone groups is 1. The van der Waals surface area contributed by atoms with E-state index in [0.717, 1.165) is 6.42 Å². The van der Waals surface area contributed by atoms with Gasteiger partial charge in [-0.25, -0.2) is 8.42 Å². The number of halogens is 1. The van der Waals surface area contributed by atoms with E-state index >= 15 is 0 Å². The van der Waals surface area contributed by atoms with Crippen LogP contribution < -0.4 is 0 Å². The smallest absolute Gasteiger partial charge is 0.321 e. The third-order valence-electron chi connectivity index (χ3n) is 2.81. The van der Waals surface area contributed by atoms with Gasteiger partial charge in [-0.1, -0.05) is 43.5 Å². The lowest BCUT2D eigenvalue weighted by atomic mass is 10.2. The average Bonchev–Trinajstić information content (AvgIpc) is 2.31. The van der Waals surface area contributed by atoms with Crippen LogP contribution in [-0.2, 0) is 20.4 Å². The maximum absolute atomic E-state index is 12.1. The van der Waals surface area contributed by atoms with E-state index in [1.807, 2.05) is 6.92 Å². The van der Waals surface area contributed by atoms with Crippen LogP contribution in [0.1, 0.15) is 31.7 Å². The van der Waals surface area contributed by atoms with Crippen LogP contribution in [0.4, 0.5) is 0 Å². The van der Waals surface area contributed by atoms with Crippen LogP contribution >= 0.6 is 11.6 Å². The van der Waals surface area contributed by atoms with Crippen molar-refractivity contribution >= 4 is 27.4 Å². The van der Waals surface area contributed by atoms with Gasteiger partial charge >= 0.3 is 5.97 Å². The third kappa shape index (κ3) is 4.84. The minimum Gasteiger partial charge on any atom is -0.480 e. The lowest BCUT2D eigenvalue weighted by molar-refractivity contribution is -0.136. The number of unbranched alkanes of at least 4 members (excludes halogenated alkanes) is 1. The number of benzene rings is 1. The van der Waals surface area contributed by atoms with Gasteiger partial charge in [0.05, 0.1) is 5.75 Å². The fraction of sp³-hybridized carbons (Fsp3) is 0.462. The first-order chi connectivity index (χ1) is 8.86. The largest absolute Gasteiger partial charge is 0.480 e. The molecule has 106 valence electrons. The molecule has 0 heterocycles. The topological polar surface area (TPSA) is 71.4 Å².